The average Bonchev–Trinajstić information content (AvgIpc) is 2.24. The van der Waals surface area contributed by atoms with Crippen molar-refractivity contribution in [3.63, 3.8) is 0 Å². The molecule has 0 atom stereocenters. The van der Waals surface area contributed by atoms with Crippen molar-refractivity contribution < 1.29 is 14.0 Å². The zero-order chi connectivity index (χ0) is 14.6. The van der Waals surface area contributed by atoms with E-state index < -0.39 is 8.32 Å². The maximum atomic E-state index is 11.6. The summed E-state index contributed by atoms with van der Waals surface area (Å²) in [6.45, 7) is 13.4. The number of nitrogens with zero attached hydrogens (tertiary/aromatic N) is 3. The van der Waals surface area contributed by atoms with Crippen molar-refractivity contribution in [2.45, 2.75) is 45.8 Å². The Kier molecular flexibility index (Phi) is 5.93. The van der Waals surface area contributed by atoms with Crippen molar-refractivity contribution in [3.05, 3.63) is 5.53 Å². The predicted octanol–water partition coefficient (Wildman–Crippen LogP) is 2.16. The lowest BCUT2D eigenvalue weighted by atomic mass is 10.2. The Hall–Kier alpha value is -0.973. The third-order valence-corrected chi connectivity index (χ3v) is 8.04. The molecule has 0 spiro atoms. The second kappa shape index (κ2) is 6.27. The number of carbonyl (C=O) groups excluding carboxylic acids is 1. The molecule has 0 radical (unpaired) electrons. The van der Waals surface area contributed by atoms with E-state index in [4.69, 9.17) is 9.96 Å². The Morgan fingerprint density at radius 1 is 1.39 bits per heavy atom. The first-order valence-corrected chi connectivity index (χ1v) is 9.02. The first-order valence-electron chi connectivity index (χ1n) is 6.11. The molecule has 0 saturated carbocycles. The lowest BCUT2D eigenvalue weighted by Crippen LogP contribution is -2.43. The van der Waals surface area contributed by atoms with Gasteiger partial charge in [-0.2, -0.15) is 4.79 Å². The second-order valence-electron chi connectivity index (χ2n) is 6.02. The summed E-state index contributed by atoms with van der Waals surface area (Å²) in [7, 11) is -0.0870. The molecule has 0 saturated heterocycles. The van der Waals surface area contributed by atoms with Crippen molar-refractivity contribution >= 4 is 19.9 Å². The lowest BCUT2D eigenvalue weighted by Gasteiger charge is -2.36. The zero-order valence-electron chi connectivity index (χ0n) is 12.6. The molecule has 0 rings (SSSR count). The van der Waals surface area contributed by atoms with Crippen LogP contribution in [0.3, 0.4) is 0 Å². The van der Waals surface area contributed by atoms with Crippen LogP contribution in [0.15, 0.2) is 0 Å². The SMILES string of the molecule is CC(=[N+]=[N-])C(=O)N(C)CCO[Si](C)(C)C(C)(C)C. The summed E-state index contributed by atoms with van der Waals surface area (Å²) in [5, 5.41) is 0.165. The van der Waals surface area contributed by atoms with Gasteiger partial charge in [-0.3, -0.25) is 4.79 Å². The zero-order valence-corrected chi connectivity index (χ0v) is 13.6. The smallest absolute Gasteiger partial charge is 0.352 e. The van der Waals surface area contributed by atoms with Gasteiger partial charge < -0.3 is 14.9 Å². The van der Waals surface area contributed by atoms with Crippen LogP contribution in [0, 0.1) is 0 Å². The van der Waals surface area contributed by atoms with Crippen LogP contribution in [0.1, 0.15) is 27.7 Å². The van der Waals surface area contributed by atoms with E-state index in [9.17, 15) is 4.79 Å². The number of amides is 1. The highest BCUT2D eigenvalue weighted by atomic mass is 28.4. The molecule has 0 aromatic carbocycles. The van der Waals surface area contributed by atoms with E-state index >= 15 is 0 Å². The van der Waals surface area contributed by atoms with Crippen LogP contribution >= 0.6 is 0 Å². The van der Waals surface area contributed by atoms with E-state index in [0.29, 0.717) is 13.2 Å². The van der Waals surface area contributed by atoms with Crippen molar-refractivity contribution in [2.24, 2.45) is 0 Å². The summed E-state index contributed by atoms with van der Waals surface area (Å²) in [5.41, 5.74) is 8.62. The maximum absolute atomic E-state index is 11.6. The van der Waals surface area contributed by atoms with E-state index in [1.54, 1.807) is 7.05 Å². The van der Waals surface area contributed by atoms with Gasteiger partial charge in [0.2, 0.25) is 0 Å². The minimum atomic E-state index is -1.76. The van der Waals surface area contributed by atoms with Gasteiger partial charge in [0.25, 0.3) is 0 Å². The first-order chi connectivity index (χ1) is 8.03. The van der Waals surface area contributed by atoms with E-state index in [1.807, 2.05) is 0 Å². The van der Waals surface area contributed by atoms with Crippen LogP contribution in [-0.2, 0) is 9.22 Å². The minimum absolute atomic E-state index is 0.0878. The summed E-state index contributed by atoms with van der Waals surface area (Å²) >= 11 is 0. The van der Waals surface area contributed by atoms with Crippen LogP contribution in [0.25, 0.3) is 5.53 Å². The highest BCUT2D eigenvalue weighted by Crippen LogP contribution is 2.36. The molecule has 0 unspecified atom stereocenters. The molecule has 0 aliphatic carbocycles. The largest absolute Gasteiger partial charge is 0.415 e. The summed E-state index contributed by atoms with van der Waals surface area (Å²) in [6.07, 6.45) is 0. The molecular weight excluding hydrogens is 246 g/mol. The maximum Gasteiger partial charge on any atom is 0.352 e. The molecule has 6 heteroatoms. The molecule has 1 amide bonds. The Bertz CT molecular complexity index is 355. The van der Waals surface area contributed by atoms with Gasteiger partial charge in [0.05, 0.1) is 6.61 Å². The molecule has 0 aromatic rings. The number of hydrogen-bond acceptors (Lipinski definition) is 2. The highest BCUT2D eigenvalue weighted by Gasteiger charge is 2.37. The van der Waals surface area contributed by atoms with E-state index in [2.05, 4.69) is 38.7 Å². The normalized spacial score (nSPS) is 11.9. The van der Waals surface area contributed by atoms with Crippen molar-refractivity contribution in [3.8, 4) is 0 Å². The highest BCUT2D eigenvalue weighted by molar-refractivity contribution is 6.74. The van der Waals surface area contributed by atoms with Crippen molar-refractivity contribution in [2.75, 3.05) is 20.2 Å². The molecule has 0 fully saturated rings. The van der Waals surface area contributed by atoms with E-state index in [1.165, 1.54) is 11.8 Å². The van der Waals surface area contributed by atoms with Gasteiger partial charge in [-0.25, -0.2) is 0 Å². The summed E-state index contributed by atoms with van der Waals surface area (Å²) in [5.74, 6) is -0.281. The molecule has 0 bridgehead atoms. The van der Waals surface area contributed by atoms with E-state index in [0.717, 1.165) is 0 Å². The minimum Gasteiger partial charge on any atom is -0.415 e. The van der Waals surface area contributed by atoms with E-state index in [-0.39, 0.29) is 16.7 Å². The standard InChI is InChI=1S/C12H25N3O2Si/c1-10(14-13)11(16)15(5)8-9-17-18(6,7)12(2,3)4/h8-9H2,1-7H3. The molecule has 0 N–H and O–H groups in total. The number of hydrogen-bond donors (Lipinski definition) is 0. The quantitative estimate of drug-likeness (QED) is 0.333. The van der Waals surface area contributed by atoms with Gasteiger partial charge in [-0.15, -0.1) is 0 Å². The Labute approximate surface area is 111 Å². The summed E-state index contributed by atoms with van der Waals surface area (Å²) in [4.78, 5) is 16.0. The predicted molar refractivity (Wildman–Crippen MR) is 75.1 cm³/mol. The Balaban J connectivity index is 4.30. The lowest BCUT2D eigenvalue weighted by molar-refractivity contribution is -0.127. The average molecular weight is 271 g/mol. The van der Waals surface area contributed by atoms with Gasteiger partial charge in [0.1, 0.15) is 0 Å². The van der Waals surface area contributed by atoms with Crippen LogP contribution in [-0.4, -0.2) is 49.8 Å². The molecule has 104 valence electrons. The molecule has 0 aliphatic heterocycles. The molecule has 5 nitrogen and oxygen atoms in total. The van der Waals surface area contributed by atoms with Crippen LogP contribution in [0.4, 0.5) is 0 Å². The van der Waals surface area contributed by atoms with Gasteiger partial charge in [0, 0.05) is 20.5 Å². The van der Waals surface area contributed by atoms with Gasteiger partial charge in [0.15, 0.2) is 8.32 Å². The van der Waals surface area contributed by atoms with Crippen molar-refractivity contribution in [1.82, 2.24) is 4.90 Å². The number of carbonyl (C=O) groups is 1. The van der Waals surface area contributed by atoms with Crippen LogP contribution in [0.5, 0.6) is 0 Å². The third kappa shape index (κ3) is 4.72. The fourth-order valence-electron chi connectivity index (χ4n) is 1.07. The number of rotatable bonds is 5. The number of likely N-dealkylation sites (N-methyl/N-ethyl adjacent to an activating group) is 1. The molecule has 0 heterocycles. The van der Waals surface area contributed by atoms with Gasteiger partial charge >= 0.3 is 11.6 Å². The molecule has 0 aliphatic rings. The molecule has 18 heavy (non-hydrogen) atoms. The topological polar surface area (TPSA) is 65.9 Å². The Morgan fingerprint density at radius 2 is 1.89 bits per heavy atom. The summed E-state index contributed by atoms with van der Waals surface area (Å²) < 4.78 is 5.97. The van der Waals surface area contributed by atoms with Gasteiger partial charge in [-0.1, -0.05) is 20.8 Å². The molecular formula is C12H25N3O2Si. The van der Waals surface area contributed by atoms with Crippen molar-refractivity contribution in [1.29, 1.82) is 0 Å². The first kappa shape index (κ1) is 17.0. The third-order valence-electron chi connectivity index (χ3n) is 3.50. The monoisotopic (exact) mass is 271 g/mol. The van der Waals surface area contributed by atoms with Gasteiger partial charge in [-0.05, 0) is 18.1 Å². The second-order valence-corrected chi connectivity index (χ2v) is 10.8. The van der Waals surface area contributed by atoms with Crippen LogP contribution in [0.2, 0.25) is 18.1 Å². The molecule has 0 aromatic heterocycles. The fraction of sp³-hybridized carbons (Fsp3) is 0.833. The van der Waals surface area contributed by atoms with Crippen LogP contribution < -0.4 is 0 Å². The summed E-state index contributed by atoms with van der Waals surface area (Å²) in [6, 6.07) is 0. The fourth-order valence-corrected chi connectivity index (χ4v) is 2.11. The Morgan fingerprint density at radius 3 is 2.28 bits per heavy atom.